The van der Waals surface area contributed by atoms with Crippen molar-refractivity contribution in [3.8, 4) is 0 Å². The van der Waals surface area contributed by atoms with Crippen LogP contribution in [0.4, 0.5) is 0 Å². The van der Waals surface area contributed by atoms with Crippen molar-refractivity contribution in [3.05, 3.63) is 47.2 Å². The second kappa shape index (κ2) is 6.45. The van der Waals surface area contributed by atoms with Gasteiger partial charge in [-0.2, -0.15) is 0 Å². The lowest BCUT2D eigenvalue weighted by atomic mass is 9.85. The lowest BCUT2D eigenvalue weighted by molar-refractivity contribution is 0.0820. The van der Waals surface area contributed by atoms with Crippen LogP contribution in [-0.2, 0) is 6.42 Å². The fourth-order valence-electron chi connectivity index (χ4n) is 4.57. The normalized spacial score (nSPS) is 25.8. The summed E-state index contributed by atoms with van der Waals surface area (Å²) in [7, 11) is 0. The Balaban J connectivity index is 1.36. The van der Waals surface area contributed by atoms with E-state index in [9.17, 15) is 0 Å². The van der Waals surface area contributed by atoms with Crippen molar-refractivity contribution in [1.82, 2.24) is 9.80 Å². The van der Waals surface area contributed by atoms with Crippen LogP contribution in [0.25, 0.3) is 0 Å². The highest BCUT2D eigenvalue weighted by Gasteiger charge is 2.33. The molecule has 2 aliphatic heterocycles. The zero-order valence-corrected chi connectivity index (χ0v) is 13.6. The molecule has 118 valence electrons. The maximum atomic E-state index is 2.79. The van der Waals surface area contributed by atoms with E-state index in [1.165, 1.54) is 76.7 Å². The van der Waals surface area contributed by atoms with E-state index >= 15 is 0 Å². The summed E-state index contributed by atoms with van der Waals surface area (Å²) in [5, 5.41) is 0. The quantitative estimate of drug-likeness (QED) is 0.836. The van der Waals surface area contributed by atoms with Crippen LogP contribution in [0.5, 0.6) is 0 Å². The lowest BCUT2D eigenvalue weighted by Crippen LogP contribution is -2.54. The van der Waals surface area contributed by atoms with Crippen LogP contribution >= 0.6 is 0 Å². The molecule has 2 nitrogen and oxygen atoms in total. The van der Waals surface area contributed by atoms with Gasteiger partial charge < -0.3 is 4.90 Å². The largest absolute Gasteiger partial charge is 0.369 e. The maximum Gasteiger partial charge on any atom is 0.0417 e. The molecule has 0 bridgehead atoms. The molecule has 1 saturated heterocycles. The Bertz CT molecular complexity index is 534. The van der Waals surface area contributed by atoms with Crippen molar-refractivity contribution in [2.45, 2.75) is 51.0 Å². The number of hydrogen-bond acceptors (Lipinski definition) is 2. The van der Waals surface area contributed by atoms with Crippen molar-refractivity contribution >= 4 is 0 Å². The molecule has 22 heavy (non-hydrogen) atoms. The van der Waals surface area contributed by atoms with Crippen LogP contribution < -0.4 is 0 Å². The van der Waals surface area contributed by atoms with Crippen molar-refractivity contribution < 1.29 is 0 Å². The van der Waals surface area contributed by atoms with Crippen LogP contribution in [-0.4, -0.2) is 42.0 Å². The SMILES string of the molecule is c1ccc(CCN2CCN3C4=C(CCCC4)CCC3C2)cc1. The number of allylic oxidation sites excluding steroid dienone is 2. The molecule has 3 aliphatic rings. The molecule has 0 radical (unpaired) electrons. The smallest absolute Gasteiger partial charge is 0.0417 e. The molecule has 2 heteroatoms. The average molecular weight is 296 g/mol. The van der Waals surface area contributed by atoms with Gasteiger partial charge in [-0.1, -0.05) is 35.9 Å². The Morgan fingerprint density at radius 2 is 1.82 bits per heavy atom. The number of benzene rings is 1. The van der Waals surface area contributed by atoms with Crippen molar-refractivity contribution in [2.75, 3.05) is 26.2 Å². The van der Waals surface area contributed by atoms with Crippen molar-refractivity contribution in [2.24, 2.45) is 0 Å². The maximum absolute atomic E-state index is 2.79. The standard InChI is InChI=1S/C20H28N2/c1-2-6-17(7-3-1)12-13-21-14-15-22-19(16-21)11-10-18-8-4-5-9-20(18)22/h1-3,6-7,19H,4-5,8-16H2. The van der Waals surface area contributed by atoms with Crippen LogP contribution in [0.2, 0.25) is 0 Å². The molecule has 2 heterocycles. The van der Waals surface area contributed by atoms with E-state index in [1.807, 2.05) is 0 Å². The first-order chi connectivity index (χ1) is 10.9. The highest BCUT2D eigenvalue weighted by molar-refractivity contribution is 5.21. The molecule has 4 rings (SSSR count). The van der Waals surface area contributed by atoms with Gasteiger partial charge in [0.1, 0.15) is 0 Å². The predicted molar refractivity (Wildman–Crippen MR) is 91.8 cm³/mol. The van der Waals surface area contributed by atoms with E-state index < -0.39 is 0 Å². The van der Waals surface area contributed by atoms with Crippen LogP contribution in [0.15, 0.2) is 41.6 Å². The number of nitrogens with zero attached hydrogens (tertiary/aromatic N) is 2. The first kappa shape index (κ1) is 14.3. The number of piperazine rings is 1. The third-order valence-electron chi connectivity index (χ3n) is 5.80. The summed E-state index contributed by atoms with van der Waals surface area (Å²) in [6.07, 6.45) is 9.55. The summed E-state index contributed by atoms with van der Waals surface area (Å²) < 4.78 is 0. The van der Waals surface area contributed by atoms with E-state index in [4.69, 9.17) is 0 Å². The van der Waals surface area contributed by atoms with Gasteiger partial charge in [0.2, 0.25) is 0 Å². The van der Waals surface area contributed by atoms with E-state index in [1.54, 1.807) is 11.3 Å². The predicted octanol–water partition coefficient (Wildman–Crippen LogP) is 3.84. The van der Waals surface area contributed by atoms with Gasteiger partial charge in [-0.05, 0) is 50.5 Å². The zero-order valence-electron chi connectivity index (χ0n) is 13.6. The Kier molecular flexibility index (Phi) is 4.20. The Labute approximate surface area is 134 Å². The first-order valence-electron chi connectivity index (χ1n) is 9.14. The second-order valence-electron chi connectivity index (χ2n) is 7.18. The van der Waals surface area contributed by atoms with E-state index in [2.05, 4.69) is 40.1 Å². The molecule has 0 N–H and O–H groups in total. The summed E-state index contributed by atoms with van der Waals surface area (Å²) >= 11 is 0. The summed E-state index contributed by atoms with van der Waals surface area (Å²) in [4.78, 5) is 5.49. The molecule has 1 unspecified atom stereocenters. The monoisotopic (exact) mass is 296 g/mol. The van der Waals surface area contributed by atoms with Gasteiger partial charge in [0, 0.05) is 37.9 Å². The molecule has 0 spiro atoms. The first-order valence-corrected chi connectivity index (χ1v) is 9.14. The van der Waals surface area contributed by atoms with Crippen molar-refractivity contribution in [1.29, 1.82) is 0 Å². The minimum absolute atomic E-state index is 0.793. The molecule has 1 aromatic rings. The third-order valence-corrected chi connectivity index (χ3v) is 5.80. The summed E-state index contributed by atoms with van der Waals surface area (Å²) in [5.74, 6) is 0. The Morgan fingerprint density at radius 3 is 2.73 bits per heavy atom. The second-order valence-corrected chi connectivity index (χ2v) is 7.18. The van der Waals surface area contributed by atoms with Gasteiger partial charge in [-0.15, -0.1) is 0 Å². The zero-order chi connectivity index (χ0) is 14.8. The van der Waals surface area contributed by atoms with E-state index in [0.717, 1.165) is 6.04 Å². The van der Waals surface area contributed by atoms with Gasteiger partial charge in [-0.25, -0.2) is 0 Å². The van der Waals surface area contributed by atoms with Gasteiger partial charge in [0.25, 0.3) is 0 Å². The Hall–Kier alpha value is -1.28. The fourth-order valence-corrected chi connectivity index (χ4v) is 4.57. The molecule has 1 fully saturated rings. The van der Waals surface area contributed by atoms with Gasteiger partial charge in [0.05, 0.1) is 0 Å². The summed E-state index contributed by atoms with van der Waals surface area (Å²) in [5.41, 5.74) is 5.04. The molecular formula is C20H28N2. The third kappa shape index (κ3) is 2.94. The van der Waals surface area contributed by atoms with Crippen LogP contribution in [0, 0.1) is 0 Å². The minimum Gasteiger partial charge on any atom is -0.369 e. The Morgan fingerprint density at radius 1 is 0.955 bits per heavy atom. The molecule has 0 amide bonds. The van der Waals surface area contributed by atoms with Crippen LogP contribution in [0.1, 0.15) is 44.1 Å². The molecular weight excluding hydrogens is 268 g/mol. The minimum atomic E-state index is 0.793. The summed E-state index contributed by atoms with van der Waals surface area (Å²) in [6.45, 7) is 5.02. The highest BCUT2D eigenvalue weighted by atomic mass is 15.3. The lowest BCUT2D eigenvalue weighted by Gasteiger charge is -2.48. The fraction of sp³-hybridized carbons (Fsp3) is 0.600. The molecule has 1 aliphatic carbocycles. The molecule has 0 aromatic heterocycles. The van der Waals surface area contributed by atoms with E-state index in [0.29, 0.717) is 0 Å². The number of fused-ring (bicyclic) bond motifs is 2. The van der Waals surface area contributed by atoms with Gasteiger partial charge in [-0.3, -0.25) is 4.90 Å². The van der Waals surface area contributed by atoms with E-state index in [-0.39, 0.29) is 0 Å². The molecule has 0 saturated carbocycles. The highest BCUT2D eigenvalue weighted by Crippen LogP contribution is 2.37. The summed E-state index contributed by atoms with van der Waals surface area (Å²) in [6, 6.07) is 11.7. The van der Waals surface area contributed by atoms with Crippen LogP contribution in [0.3, 0.4) is 0 Å². The number of hydrogen-bond donors (Lipinski definition) is 0. The number of rotatable bonds is 3. The molecule has 1 atom stereocenters. The molecule has 1 aromatic carbocycles. The van der Waals surface area contributed by atoms with Gasteiger partial charge in [0.15, 0.2) is 0 Å². The van der Waals surface area contributed by atoms with Gasteiger partial charge >= 0.3 is 0 Å². The topological polar surface area (TPSA) is 6.48 Å². The average Bonchev–Trinajstić information content (AvgIpc) is 2.60. The van der Waals surface area contributed by atoms with Crippen molar-refractivity contribution in [3.63, 3.8) is 0 Å².